The SMILES string of the molecule is CCN(C(=O)c1cc(Oc2c(Cl)cc(-n3ncc(=O)[nH]c3=O)cc2Cl)ccc1O)C1CCCCC1. The van der Waals surface area contributed by atoms with Crippen LogP contribution in [0.2, 0.25) is 10.0 Å². The molecular weight excluding hydrogens is 495 g/mol. The minimum Gasteiger partial charge on any atom is -0.507 e. The zero-order valence-corrected chi connectivity index (χ0v) is 20.5. The van der Waals surface area contributed by atoms with Crippen molar-refractivity contribution < 1.29 is 14.6 Å². The van der Waals surface area contributed by atoms with Crippen LogP contribution in [0, 0.1) is 0 Å². The Bertz CT molecular complexity index is 1340. The maximum Gasteiger partial charge on any atom is 0.349 e. The van der Waals surface area contributed by atoms with E-state index in [0.29, 0.717) is 6.54 Å². The molecule has 0 bridgehead atoms. The van der Waals surface area contributed by atoms with E-state index in [-0.39, 0.29) is 50.5 Å². The lowest BCUT2D eigenvalue weighted by Gasteiger charge is -2.33. The molecule has 1 aliphatic rings. The number of aromatic amines is 1. The fraction of sp³-hybridized carbons (Fsp3) is 0.333. The van der Waals surface area contributed by atoms with E-state index in [1.807, 2.05) is 6.92 Å². The molecule has 35 heavy (non-hydrogen) atoms. The number of benzene rings is 2. The average Bonchev–Trinajstić information content (AvgIpc) is 2.83. The third-order valence-electron chi connectivity index (χ3n) is 5.98. The van der Waals surface area contributed by atoms with Gasteiger partial charge in [-0.3, -0.25) is 14.6 Å². The maximum atomic E-state index is 13.3. The van der Waals surface area contributed by atoms with Gasteiger partial charge in [0.2, 0.25) is 0 Å². The summed E-state index contributed by atoms with van der Waals surface area (Å²) in [4.78, 5) is 40.5. The second kappa shape index (κ2) is 10.5. The lowest BCUT2D eigenvalue weighted by Crippen LogP contribution is -2.41. The number of carbonyl (C=O) groups excluding carboxylic acids is 1. The van der Waals surface area contributed by atoms with Crippen LogP contribution in [0.3, 0.4) is 0 Å². The van der Waals surface area contributed by atoms with Gasteiger partial charge >= 0.3 is 5.69 Å². The summed E-state index contributed by atoms with van der Waals surface area (Å²) in [5, 5.41) is 14.3. The first-order valence-corrected chi connectivity index (χ1v) is 12.0. The molecule has 4 rings (SSSR count). The molecule has 9 nitrogen and oxygen atoms in total. The van der Waals surface area contributed by atoms with Gasteiger partial charge in [-0.05, 0) is 50.1 Å². The lowest BCUT2D eigenvalue weighted by molar-refractivity contribution is 0.0644. The van der Waals surface area contributed by atoms with Gasteiger partial charge in [0.25, 0.3) is 11.5 Å². The number of nitrogens with one attached hydrogen (secondary N) is 1. The van der Waals surface area contributed by atoms with Crippen molar-refractivity contribution in [3.8, 4) is 22.9 Å². The molecule has 11 heteroatoms. The summed E-state index contributed by atoms with van der Waals surface area (Å²) in [6.07, 6.45) is 6.18. The van der Waals surface area contributed by atoms with Gasteiger partial charge in [0.05, 0.1) is 21.3 Å². The van der Waals surface area contributed by atoms with Crippen molar-refractivity contribution in [2.24, 2.45) is 0 Å². The van der Waals surface area contributed by atoms with Crippen molar-refractivity contribution in [2.45, 2.75) is 45.1 Å². The molecule has 184 valence electrons. The highest BCUT2D eigenvalue weighted by molar-refractivity contribution is 6.37. The van der Waals surface area contributed by atoms with Crippen molar-refractivity contribution in [2.75, 3.05) is 6.54 Å². The van der Waals surface area contributed by atoms with Gasteiger partial charge in [0.1, 0.15) is 17.7 Å². The van der Waals surface area contributed by atoms with Gasteiger partial charge < -0.3 is 14.7 Å². The molecule has 1 amide bonds. The number of hydrogen-bond acceptors (Lipinski definition) is 6. The summed E-state index contributed by atoms with van der Waals surface area (Å²) in [7, 11) is 0. The average molecular weight is 519 g/mol. The van der Waals surface area contributed by atoms with E-state index in [9.17, 15) is 19.5 Å². The van der Waals surface area contributed by atoms with E-state index in [2.05, 4.69) is 10.1 Å². The van der Waals surface area contributed by atoms with Crippen molar-refractivity contribution in [1.82, 2.24) is 19.7 Å². The number of H-pyrrole nitrogens is 1. The predicted octanol–water partition coefficient (Wildman–Crippen LogP) is 4.52. The maximum absolute atomic E-state index is 13.3. The van der Waals surface area contributed by atoms with E-state index < -0.39 is 11.2 Å². The number of carbonyl (C=O) groups is 1. The summed E-state index contributed by atoms with van der Waals surface area (Å²) >= 11 is 12.8. The highest BCUT2D eigenvalue weighted by atomic mass is 35.5. The lowest BCUT2D eigenvalue weighted by atomic mass is 9.93. The number of halogens is 2. The molecule has 0 unspecified atom stereocenters. The molecule has 1 fully saturated rings. The molecule has 0 atom stereocenters. The standard InChI is InChI=1S/C24H24Cl2N4O5/c1-2-29(14-6-4-3-5-7-14)23(33)17-12-16(8-9-20(17)31)35-22-18(25)10-15(11-19(22)26)30-24(34)28-21(32)13-27-30/h8-14,31H,2-7H2,1H3,(H,28,32,34). The number of nitrogens with zero attached hydrogens (tertiary/aromatic N) is 3. The third-order valence-corrected chi connectivity index (χ3v) is 6.54. The molecule has 1 saturated carbocycles. The van der Waals surface area contributed by atoms with Gasteiger partial charge in [0.15, 0.2) is 5.75 Å². The number of phenols is 1. The summed E-state index contributed by atoms with van der Waals surface area (Å²) in [5.41, 5.74) is -1.03. The zero-order chi connectivity index (χ0) is 25.1. The van der Waals surface area contributed by atoms with Crippen molar-refractivity contribution in [1.29, 1.82) is 0 Å². The largest absolute Gasteiger partial charge is 0.507 e. The monoisotopic (exact) mass is 518 g/mol. The zero-order valence-electron chi connectivity index (χ0n) is 19.0. The van der Waals surface area contributed by atoms with Crippen LogP contribution in [0.15, 0.2) is 46.1 Å². The predicted molar refractivity (Wildman–Crippen MR) is 132 cm³/mol. The van der Waals surface area contributed by atoms with E-state index in [4.69, 9.17) is 27.9 Å². The van der Waals surface area contributed by atoms with Crippen LogP contribution in [-0.2, 0) is 0 Å². The Balaban J connectivity index is 1.62. The Morgan fingerprint density at radius 3 is 2.49 bits per heavy atom. The first kappa shape index (κ1) is 24.8. The number of hydrogen-bond donors (Lipinski definition) is 2. The number of rotatable bonds is 6. The number of amides is 1. The highest BCUT2D eigenvalue weighted by Crippen LogP contribution is 2.39. The van der Waals surface area contributed by atoms with Crippen molar-refractivity contribution >= 4 is 29.1 Å². The molecule has 3 aromatic rings. The van der Waals surface area contributed by atoms with Crippen LogP contribution >= 0.6 is 23.2 Å². The minimum atomic E-state index is -0.751. The molecule has 0 spiro atoms. The van der Waals surface area contributed by atoms with Crippen LogP contribution in [0.5, 0.6) is 17.2 Å². The van der Waals surface area contributed by atoms with Gasteiger partial charge in [-0.25, -0.2) is 4.79 Å². The first-order valence-electron chi connectivity index (χ1n) is 11.3. The fourth-order valence-electron chi connectivity index (χ4n) is 4.29. The van der Waals surface area contributed by atoms with Crippen LogP contribution in [-0.4, -0.2) is 43.3 Å². The Kier molecular flexibility index (Phi) is 7.47. The fourth-order valence-corrected chi connectivity index (χ4v) is 4.84. The Labute approximate surface area is 210 Å². The molecule has 1 aromatic heterocycles. The molecule has 1 heterocycles. The molecule has 0 aliphatic heterocycles. The van der Waals surface area contributed by atoms with Gasteiger partial charge in [0, 0.05) is 12.6 Å². The molecule has 0 radical (unpaired) electrons. The van der Waals surface area contributed by atoms with Crippen molar-refractivity contribution in [3.63, 3.8) is 0 Å². The molecule has 2 aromatic carbocycles. The quantitative estimate of drug-likeness (QED) is 0.495. The molecular formula is C24H24Cl2N4O5. The van der Waals surface area contributed by atoms with Crippen molar-refractivity contribution in [3.05, 3.63) is 73.0 Å². The molecule has 0 saturated heterocycles. The van der Waals surface area contributed by atoms with E-state index in [1.54, 1.807) is 4.90 Å². The minimum absolute atomic E-state index is 0.0748. The normalized spacial score (nSPS) is 14.0. The van der Waals surface area contributed by atoms with Crippen LogP contribution in [0.4, 0.5) is 0 Å². The molecule has 2 N–H and O–H groups in total. The van der Waals surface area contributed by atoms with Gasteiger partial charge in [-0.2, -0.15) is 9.78 Å². The Morgan fingerprint density at radius 1 is 1.17 bits per heavy atom. The number of phenolic OH excluding ortho intramolecular Hbond substituents is 1. The topological polar surface area (TPSA) is 118 Å². The van der Waals surface area contributed by atoms with Crippen LogP contribution in [0.1, 0.15) is 49.4 Å². The Morgan fingerprint density at radius 2 is 1.86 bits per heavy atom. The summed E-state index contributed by atoms with van der Waals surface area (Å²) in [5.74, 6) is -0.0638. The van der Waals surface area contributed by atoms with E-state index in [1.165, 1.54) is 36.8 Å². The number of aromatic hydroxyl groups is 1. The van der Waals surface area contributed by atoms with Gasteiger partial charge in [-0.1, -0.05) is 42.5 Å². The summed E-state index contributed by atoms with van der Waals surface area (Å²) in [6, 6.07) is 7.30. The second-order valence-corrected chi connectivity index (χ2v) is 9.07. The highest BCUT2D eigenvalue weighted by Gasteiger charge is 2.27. The number of ether oxygens (including phenoxy) is 1. The summed E-state index contributed by atoms with van der Waals surface area (Å²) < 4.78 is 6.81. The van der Waals surface area contributed by atoms with Crippen LogP contribution in [0.25, 0.3) is 5.69 Å². The van der Waals surface area contributed by atoms with Gasteiger partial charge in [-0.15, -0.1) is 0 Å². The van der Waals surface area contributed by atoms with Crippen LogP contribution < -0.4 is 16.0 Å². The number of aromatic nitrogens is 3. The Hall–Kier alpha value is -3.30. The summed E-state index contributed by atoms with van der Waals surface area (Å²) in [6.45, 7) is 2.46. The van der Waals surface area contributed by atoms with E-state index >= 15 is 0 Å². The smallest absolute Gasteiger partial charge is 0.349 e. The second-order valence-electron chi connectivity index (χ2n) is 8.25. The van der Waals surface area contributed by atoms with E-state index in [0.717, 1.165) is 36.6 Å². The first-order chi connectivity index (χ1) is 16.8. The third kappa shape index (κ3) is 5.36. The molecule has 1 aliphatic carbocycles.